The third-order valence-electron chi connectivity index (χ3n) is 3.02. The van der Waals surface area contributed by atoms with Crippen LogP contribution in [0.5, 0.6) is 0 Å². The lowest BCUT2D eigenvalue weighted by molar-refractivity contribution is 0.653. The summed E-state index contributed by atoms with van der Waals surface area (Å²) in [6.45, 7) is 2.00. The molecule has 3 heteroatoms. The average Bonchev–Trinajstić information content (AvgIpc) is 2.99. The van der Waals surface area contributed by atoms with Crippen LogP contribution in [0.1, 0.15) is 39.6 Å². The lowest BCUT2D eigenvalue weighted by Gasteiger charge is -2.11. The third-order valence-corrected chi connectivity index (χ3v) is 4.41. The lowest BCUT2D eigenvalue weighted by atomic mass is 10.0. The van der Waals surface area contributed by atoms with Crippen LogP contribution in [0.2, 0.25) is 0 Å². The van der Waals surface area contributed by atoms with Crippen LogP contribution in [-0.2, 0) is 13.0 Å². The number of nitrogens with zero attached hydrogens (tertiary/aromatic N) is 1. The first-order valence-electron chi connectivity index (χ1n) is 5.15. The van der Waals surface area contributed by atoms with E-state index in [1.165, 1.54) is 28.2 Å². The van der Waals surface area contributed by atoms with E-state index in [4.69, 9.17) is 0 Å². The SMILES string of the molecule is N#Cc1c(C2CC2)sc2c1CCNC2. The molecule has 0 aromatic carbocycles. The summed E-state index contributed by atoms with van der Waals surface area (Å²) in [5.74, 6) is 0.722. The van der Waals surface area contributed by atoms with Crippen molar-refractivity contribution in [1.82, 2.24) is 5.32 Å². The molecule has 0 saturated heterocycles. The van der Waals surface area contributed by atoms with E-state index >= 15 is 0 Å². The zero-order valence-corrected chi connectivity index (χ0v) is 8.78. The minimum absolute atomic E-state index is 0.722. The second-order valence-electron chi connectivity index (χ2n) is 4.06. The summed E-state index contributed by atoms with van der Waals surface area (Å²) in [5, 5.41) is 12.5. The molecule has 72 valence electrons. The molecule has 1 fully saturated rings. The molecular weight excluding hydrogens is 192 g/mol. The smallest absolute Gasteiger partial charge is 0.101 e. The van der Waals surface area contributed by atoms with Gasteiger partial charge in [-0.1, -0.05) is 0 Å². The maximum Gasteiger partial charge on any atom is 0.101 e. The highest BCUT2D eigenvalue weighted by Crippen LogP contribution is 2.47. The molecule has 1 N–H and O–H groups in total. The second kappa shape index (κ2) is 3.08. The number of nitriles is 1. The molecule has 0 bridgehead atoms. The highest BCUT2D eigenvalue weighted by Gasteiger charge is 2.31. The van der Waals surface area contributed by atoms with E-state index in [0.717, 1.165) is 31.0 Å². The van der Waals surface area contributed by atoms with Gasteiger partial charge in [0.1, 0.15) is 6.07 Å². The molecule has 1 aliphatic heterocycles. The summed E-state index contributed by atoms with van der Waals surface area (Å²) >= 11 is 1.87. The van der Waals surface area contributed by atoms with Gasteiger partial charge in [-0.3, -0.25) is 0 Å². The molecule has 0 amide bonds. The van der Waals surface area contributed by atoms with Gasteiger partial charge in [-0.05, 0) is 37.3 Å². The molecular formula is C11H12N2S. The minimum atomic E-state index is 0.722. The molecule has 2 aliphatic rings. The molecule has 2 heterocycles. The molecule has 14 heavy (non-hydrogen) atoms. The van der Waals surface area contributed by atoms with Gasteiger partial charge < -0.3 is 5.32 Å². The Morgan fingerprint density at radius 1 is 1.43 bits per heavy atom. The van der Waals surface area contributed by atoms with Crippen molar-refractivity contribution in [3.05, 3.63) is 20.9 Å². The molecule has 0 spiro atoms. The molecule has 2 nitrogen and oxygen atoms in total. The predicted molar refractivity (Wildman–Crippen MR) is 56.4 cm³/mol. The fraction of sp³-hybridized carbons (Fsp3) is 0.545. The van der Waals surface area contributed by atoms with Gasteiger partial charge in [-0.25, -0.2) is 0 Å². The van der Waals surface area contributed by atoms with Crippen LogP contribution in [0.25, 0.3) is 0 Å². The molecule has 1 aromatic heterocycles. The third kappa shape index (κ3) is 1.18. The van der Waals surface area contributed by atoms with Gasteiger partial charge in [0, 0.05) is 16.3 Å². The summed E-state index contributed by atoms with van der Waals surface area (Å²) in [6, 6.07) is 2.41. The average molecular weight is 204 g/mol. The van der Waals surface area contributed by atoms with Crippen LogP contribution < -0.4 is 5.32 Å². The van der Waals surface area contributed by atoms with Crippen molar-refractivity contribution >= 4 is 11.3 Å². The number of fused-ring (bicyclic) bond motifs is 1. The van der Waals surface area contributed by atoms with Crippen molar-refractivity contribution in [1.29, 1.82) is 5.26 Å². The topological polar surface area (TPSA) is 35.8 Å². The van der Waals surface area contributed by atoms with Crippen LogP contribution in [0.4, 0.5) is 0 Å². The first kappa shape index (κ1) is 8.46. The zero-order chi connectivity index (χ0) is 9.54. The summed E-state index contributed by atoms with van der Waals surface area (Å²) in [7, 11) is 0. The van der Waals surface area contributed by atoms with E-state index < -0.39 is 0 Å². The van der Waals surface area contributed by atoms with E-state index in [9.17, 15) is 5.26 Å². The highest BCUT2D eigenvalue weighted by atomic mass is 32.1. The van der Waals surface area contributed by atoms with Gasteiger partial charge in [0.05, 0.1) is 5.56 Å². The van der Waals surface area contributed by atoms with Gasteiger partial charge in [0.2, 0.25) is 0 Å². The molecule has 0 radical (unpaired) electrons. The molecule has 0 unspecified atom stereocenters. The van der Waals surface area contributed by atoms with E-state index in [2.05, 4.69) is 11.4 Å². The Kier molecular flexibility index (Phi) is 1.86. The highest BCUT2D eigenvalue weighted by molar-refractivity contribution is 7.12. The minimum Gasteiger partial charge on any atom is -0.312 e. The Balaban J connectivity index is 2.12. The van der Waals surface area contributed by atoms with Crippen molar-refractivity contribution in [2.24, 2.45) is 0 Å². The Hall–Kier alpha value is -0.850. The van der Waals surface area contributed by atoms with E-state index in [1.807, 2.05) is 11.3 Å². The maximum atomic E-state index is 9.18. The summed E-state index contributed by atoms with van der Waals surface area (Å²) in [6.07, 6.45) is 3.63. The fourth-order valence-corrected chi connectivity index (χ4v) is 3.55. The Morgan fingerprint density at radius 2 is 2.29 bits per heavy atom. The predicted octanol–water partition coefficient (Wildman–Crippen LogP) is 2.14. The van der Waals surface area contributed by atoms with E-state index in [0.29, 0.717) is 0 Å². The van der Waals surface area contributed by atoms with Crippen LogP contribution in [0, 0.1) is 11.3 Å². The Morgan fingerprint density at radius 3 is 3.00 bits per heavy atom. The van der Waals surface area contributed by atoms with Gasteiger partial charge in [0.15, 0.2) is 0 Å². The van der Waals surface area contributed by atoms with Crippen molar-refractivity contribution in [2.75, 3.05) is 6.54 Å². The monoisotopic (exact) mass is 204 g/mol. The van der Waals surface area contributed by atoms with Crippen molar-refractivity contribution < 1.29 is 0 Å². The molecule has 1 saturated carbocycles. The quantitative estimate of drug-likeness (QED) is 0.760. The van der Waals surface area contributed by atoms with Crippen molar-refractivity contribution in [3.8, 4) is 6.07 Å². The van der Waals surface area contributed by atoms with E-state index in [-0.39, 0.29) is 0 Å². The van der Waals surface area contributed by atoms with Crippen molar-refractivity contribution in [2.45, 2.75) is 31.7 Å². The lowest BCUT2D eigenvalue weighted by Crippen LogP contribution is -2.22. The first-order chi connectivity index (χ1) is 6.90. The normalized spacial score (nSPS) is 20.2. The van der Waals surface area contributed by atoms with Gasteiger partial charge >= 0.3 is 0 Å². The van der Waals surface area contributed by atoms with E-state index in [1.54, 1.807) is 0 Å². The Bertz CT molecular complexity index is 410. The van der Waals surface area contributed by atoms with Crippen molar-refractivity contribution in [3.63, 3.8) is 0 Å². The molecule has 0 atom stereocenters. The van der Waals surface area contributed by atoms with Crippen LogP contribution in [0.3, 0.4) is 0 Å². The number of nitrogens with one attached hydrogen (secondary N) is 1. The standard InChI is InChI=1S/C11H12N2S/c12-5-9-8-3-4-13-6-10(8)14-11(9)7-1-2-7/h7,13H,1-4,6H2. The van der Waals surface area contributed by atoms with Gasteiger partial charge in [-0.2, -0.15) is 5.26 Å². The number of hydrogen-bond acceptors (Lipinski definition) is 3. The summed E-state index contributed by atoms with van der Waals surface area (Å²) in [4.78, 5) is 2.79. The Labute approximate surface area is 87.6 Å². The molecule has 3 rings (SSSR count). The zero-order valence-electron chi connectivity index (χ0n) is 7.97. The largest absolute Gasteiger partial charge is 0.312 e. The fourth-order valence-electron chi connectivity index (χ4n) is 2.11. The maximum absolute atomic E-state index is 9.18. The summed E-state index contributed by atoms with van der Waals surface area (Å²) in [5.41, 5.74) is 2.37. The molecule has 1 aromatic rings. The van der Waals surface area contributed by atoms with Crippen LogP contribution in [0.15, 0.2) is 0 Å². The van der Waals surface area contributed by atoms with Crippen LogP contribution >= 0.6 is 11.3 Å². The van der Waals surface area contributed by atoms with Crippen LogP contribution in [-0.4, -0.2) is 6.54 Å². The second-order valence-corrected chi connectivity index (χ2v) is 5.19. The first-order valence-corrected chi connectivity index (χ1v) is 5.97. The van der Waals surface area contributed by atoms with Gasteiger partial charge in [-0.15, -0.1) is 11.3 Å². The number of hydrogen-bond donors (Lipinski definition) is 1. The number of rotatable bonds is 1. The van der Waals surface area contributed by atoms with Gasteiger partial charge in [0.25, 0.3) is 0 Å². The molecule has 1 aliphatic carbocycles. The summed E-state index contributed by atoms with van der Waals surface area (Å²) < 4.78 is 0. The number of thiophene rings is 1.